The zero-order chi connectivity index (χ0) is 17.1. The van der Waals surface area contributed by atoms with Crippen molar-refractivity contribution in [3.63, 3.8) is 0 Å². The lowest BCUT2D eigenvalue weighted by atomic mass is 10.2. The number of benzene rings is 1. The van der Waals surface area contributed by atoms with Crippen molar-refractivity contribution < 1.29 is 18.7 Å². The molecule has 8 heteroatoms. The molecule has 1 heterocycles. The molecule has 2 rings (SSSR count). The molecule has 0 bridgehead atoms. The first-order valence-corrected chi connectivity index (χ1v) is 7.51. The van der Waals surface area contributed by atoms with E-state index in [4.69, 9.17) is 4.74 Å². The van der Waals surface area contributed by atoms with Gasteiger partial charge in [0, 0.05) is 11.5 Å². The molecular weight excluding hydrogens is 369 g/mol. The van der Waals surface area contributed by atoms with E-state index in [1.807, 2.05) is 6.92 Å². The molecular formula is C15H15BrFN3O3. The number of halogens is 2. The molecule has 23 heavy (non-hydrogen) atoms. The van der Waals surface area contributed by atoms with Gasteiger partial charge in [-0.15, -0.1) is 0 Å². The lowest BCUT2D eigenvalue weighted by Crippen LogP contribution is -2.21. The van der Waals surface area contributed by atoms with Crippen molar-refractivity contribution in [2.24, 2.45) is 7.05 Å². The smallest absolute Gasteiger partial charge is 0.339 e. The van der Waals surface area contributed by atoms with E-state index in [2.05, 4.69) is 26.3 Å². The van der Waals surface area contributed by atoms with Crippen LogP contribution in [-0.2, 0) is 16.6 Å². The predicted octanol–water partition coefficient (Wildman–Crippen LogP) is 2.73. The molecule has 1 aromatic heterocycles. The fourth-order valence-electron chi connectivity index (χ4n) is 1.99. The molecule has 0 saturated heterocycles. The normalized spacial score (nSPS) is 10.5. The number of hydrogen-bond donors (Lipinski definition) is 1. The van der Waals surface area contributed by atoms with E-state index >= 15 is 0 Å². The molecule has 1 amide bonds. The van der Waals surface area contributed by atoms with Crippen molar-refractivity contribution in [2.45, 2.75) is 13.8 Å². The number of ether oxygens (including phenoxy) is 1. The molecule has 0 unspecified atom stereocenters. The highest BCUT2D eigenvalue weighted by molar-refractivity contribution is 9.10. The maximum absolute atomic E-state index is 13.2. The number of nitrogens with zero attached hydrogens (tertiary/aromatic N) is 2. The van der Waals surface area contributed by atoms with E-state index in [0.717, 1.165) is 11.8 Å². The van der Waals surface area contributed by atoms with Crippen molar-refractivity contribution in [1.29, 1.82) is 0 Å². The predicted molar refractivity (Wildman–Crippen MR) is 85.7 cm³/mol. The molecule has 0 aliphatic heterocycles. The fraction of sp³-hybridized carbons (Fsp3) is 0.267. The van der Waals surface area contributed by atoms with Gasteiger partial charge in [0.25, 0.3) is 5.91 Å². The van der Waals surface area contributed by atoms with Crippen LogP contribution in [0.3, 0.4) is 0 Å². The Balaban J connectivity index is 1.99. The third-order valence-electron chi connectivity index (χ3n) is 3.26. The Labute approximate surface area is 140 Å². The maximum Gasteiger partial charge on any atom is 0.339 e. The van der Waals surface area contributed by atoms with Crippen molar-refractivity contribution in [3.8, 4) is 0 Å². The SMILES string of the molecule is Cc1nn(C)c(C)c1NC(=O)COC(=O)c1cc(F)ccc1Br. The zero-order valence-electron chi connectivity index (χ0n) is 12.8. The minimum Gasteiger partial charge on any atom is -0.452 e. The van der Waals surface area contributed by atoms with Gasteiger partial charge in [-0.2, -0.15) is 5.10 Å². The van der Waals surface area contributed by atoms with Gasteiger partial charge in [0.2, 0.25) is 0 Å². The largest absolute Gasteiger partial charge is 0.452 e. The van der Waals surface area contributed by atoms with E-state index in [1.54, 1.807) is 18.7 Å². The van der Waals surface area contributed by atoms with Crippen LogP contribution in [0.5, 0.6) is 0 Å². The average Bonchev–Trinajstić information content (AvgIpc) is 2.73. The van der Waals surface area contributed by atoms with Crippen LogP contribution < -0.4 is 5.32 Å². The summed E-state index contributed by atoms with van der Waals surface area (Å²) in [5, 5.41) is 6.82. The van der Waals surface area contributed by atoms with Gasteiger partial charge in [0.1, 0.15) is 5.82 Å². The monoisotopic (exact) mass is 383 g/mol. The summed E-state index contributed by atoms with van der Waals surface area (Å²) in [7, 11) is 1.76. The molecule has 0 aliphatic rings. The van der Waals surface area contributed by atoms with Crippen molar-refractivity contribution in [3.05, 3.63) is 45.4 Å². The second-order valence-corrected chi connectivity index (χ2v) is 5.77. The lowest BCUT2D eigenvalue weighted by Gasteiger charge is -2.08. The van der Waals surface area contributed by atoms with Crippen LogP contribution in [0, 0.1) is 19.7 Å². The molecule has 2 aromatic rings. The van der Waals surface area contributed by atoms with Gasteiger partial charge in [-0.3, -0.25) is 9.48 Å². The Morgan fingerprint density at radius 1 is 1.39 bits per heavy atom. The maximum atomic E-state index is 13.2. The third kappa shape index (κ3) is 3.95. The molecule has 0 radical (unpaired) electrons. The van der Waals surface area contributed by atoms with E-state index < -0.39 is 24.3 Å². The van der Waals surface area contributed by atoms with Crippen LogP contribution in [0.2, 0.25) is 0 Å². The van der Waals surface area contributed by atoms with Crippen LogP contribution >= 0.6 is 15.9 Å². The lowest BCUT2D eigenvalue weighted by molar-refractivity contribution is -0.119. The summed E-state index contributed by atoms with van der Waals surface area (Å²) in [5.41, 5.74) is 2.06. The Morgan fingerprint density at radius 2 is 2.09 bits per heavy atom. The van der Waals surface area contributed by atoms with Gasteiger partial charge in [-0.25, -0.2) is 9.18 Å². The first-order valence-electron chi connectivity index (χ1n) is 6.72. The highest BCUT2D eigenvalue weighted by Gasteiger charge is 2.16. The van der Waals surface area contributed by atoms with Crippen molar-refractivity contribution in [1.82, 2.24) is 9.78 Å². The third-order valence-corrected chi connectivity index (χ3v) is 3.95. The minimum absolute atomic E-state index is 0.0199. The van der Waals surface area contributed by atoms with Gasteiger partial charge < -0.3 is 10.1 Å². The Morgan fingerprint density at radius 3 is 2.70 bits per heavy atom. The second-order valence-electron chi connectivity index (χ2n) is 4.92. The summed E-state index contributed by atoms with van der Waals surface area (Å²) in [5.74, 6) is -1.84. The molecule has 122 valence electrons. The summed E-state index contributed by atoms with van der Waals surface area (Å²) in [6, 6.07) is 3.65. The number of anilines is 1. The highest BCUT2D eigenvalue weighted by atomic mass is 79.9. The molecule has 0 spiro atoms. The van der Waals surface area contributed by atoms with Crippen molar-refractivity contribution >= 4 is 33.5 Å². The standard InChI is InChI=1S/C15H15BrFN3O3/c1-8-14(9(2)20(3)19-8)18-13(21)7-23-15(22)11-6-10(17)4-5-12(11)16/h4-6H,7H2,1-3H3,(H,18,21). The topological polar surface area (TPSA) is 73.2 Å². The number of hydrogen-bond acceptors (Lipinski definition) is 4. The number of carbonyl (C=O) groups is 2. The van der Waals surface area contributed by atoms with Crippen LogP contribution in [0.25, 0.3) is 0 Å². The molecule has 6 nitrogen and oxygen atoms in total. The molecule has 0 saturated carbocycles. The summed E-state index contributed by atoms with van der Waals surface area (Å²) >= 11 is 3.13. The first kappa shape index (κ1) is 17.1. The van der Waals surface area contributed by atoms with Gasteiger partial charge in [0.15, 0.2) is 6.61 Å². The first-order chi connectivity index (χ1) is 10.8. The van der Waals surface area contributed by atoms with Gasteiger partial charge >= 0.3 is 5.97 Å². The number of carbonyl (C=O) groups excluding carboxylic acids is 2. The molecule has 0 aliphatic carbocycles. The average molecular weight is 384 g/mol. The van der Waals surface area contributed by atoms with E-state index in [-0.39, 0.29) is 5.56 Å². The quantitative estimate of drug-likeness (QED) is 0.823. The number of amides is 1. The number of aromatic nitrogens is 2. The van der Waals surface area contributed by atoms with Crippen LogP contribution in [-0.4, -0.2) is 28.3 Å². The van der Waals surface area contributed by atoms with Gasteiger partial charge in [-0.05, 0) is 48.0 Å². The summed E-state index contributed by atoms with van der Waals surface area (Å²) in [6.45, 7) is 3.10. The summed E-state index contributed by atoms with van der Waals surface area (Å²) in [4.78, 5) is 23.8. The Bertz CT molecular complexity index is 774. The summed E-state index contributed by atoms with van der Waals surface area (Å²) in [6.07, 6.45) is 0. The second kappa shape index (κ2) is 6.91. The van der Waals surface area contributed by atoms with Crippen LogP contribution in [0.1, 0.15) is 21.7 Å². The van der Waals surface area contributed by atoms with Crippen molar-refractivity contribution in [2.75, 3.05) is 11.9 Å². The van der Waals surface area contributed by atoms with E-state index in [0.29, 0.717) is 15.9 Å². The Kier molecular flexibility index (Phi) is 5.15. The molecule has 1 aromatic carbocycles. The fourth-order valence-corrected chi connectivity index (χ4v) is 2.40. The Hall–Kier alpha value is -2.22. The van der Waals surface area contributed by atoms with E-state index in [9.17, 15) is 14.0 Å². The van der Waals surface area contributed by atoms with Gasteiger partial charge in [0.05, 0.1) is 22.6 Å². The highest BCUT2D eigenvalue weighted by Crippen LogP contribution is 2.20. The molecule has 1 N–H and O–H groups in total. The zero-order valence-corrected chi connectivity index (χ0v) is 14.4. The number of rotatable bonds is 4. The molecule has 0 atom stereocenters. The summed E-state index contributed by atoms with van der Waals surface area (Å²) < 4.78 is 20.1. The number of nitrogens with one attached hydrogen (secondary N) is 1. The van der Waals surface area contributed by atoms with Crippen LogP contribution in [0.15, 0.2) is 22.7 Å². The van der Waals surface area contributed by atoms with Gasteiger partial charge in [-0.1, -0.05) is 0 Å². The van der Waals surface area contributed by atoms with E-state index in [1.165, 1.54) is 12.1 Å². The number of esters is 1. The molecule has 0 fully saturated rings. The minimum atomic E-state index is -0.786. The number of aryl methyl sites for hydroxylation is 2. The van der Waals surface area contributed by atoms with Crippen LogP contribution in [0.4, 0.5) is 10.1 Å².